The van der Waals surface area contributed by atoms with Crippen LogP contribution < -0.4 is 11.1 Å². The minimum atomic E-state index is -0.933. The molecule has 1 heterocycles. The Labute approximate surface area is 157 Å². The third kappa shape index (κ3) is 6.43. The number of rotatable bonds is 7. The summed E-state index contributed by atoms with van der Waals surface area (Å²) >= 11 is 0. The summed E-state index contributed by atoms with van der Waals surface area (Å²) in [4.78, 5) is 40.8. The van der Waals surface area contributed by atoms with E-state index in [1.165, 1.54) is 0 Å². The van der Waals surface area contributed by atoms with Crippen molar-refractivity contribution in [2.24, 2.45) is 5.73 Å². The van der Waals surface area contributed by atoms with Gasteiger partial charge >= 0.3 is 6.09 Å². The number of imide groups is 1. The fourth-order valence-corrected chi connectivity index (χ4v) is 2.40. The van der Waals surface area contributed by atoms with E-state index >= 15 is 0 Å². The monoisotopic (exact) mass is 370 g/mol. The number of nitrogens with one attached hydrogen (secondary N) is 1. The fourth-order valence-electron chi connectivity index (χ4n) is 2.40. The molecule has 2 rings (SSSR count). The van der Waals surface area contributed by atoms with Crippen molar-refractivity contribution in [2.75, 3.05) is 18.4 Å². The van der Waals surface area contributed by atoms with Crippen molar-refractivity contribution < 1.29 is 19.1 Å². The molecule has 1 aromatic carbocycles. The van der Waals surface area contributed by atoms with Crippen molar-refractivity contribution in [1.29, 1.82) is 0 Å². The summed E-state index contributed by atoms with van der Waals surface area (Å²) in [5.74, 6) is -0.963. The first-order valence-electron chi connectivity index (χ1n) is 8.33. The van der Waals surface area contributed by atoms with E-state index in [1.54, 1.807) is 30.3 Å². The third-order valence-corrected chi connectivity index (χ3v) is 3.56. The van der Waals surface area contributed by atoms with E-state index in [2.05, 4.69) is 10.3 Å². The summed E-state index contributed by atoms with van der Waals surface area (Å²) in [6, 6.07) is 12.7. The molecule has 0 aliphatic carbocycles. The van der Waals surface area contributed by atoms with Gasteiger partial charge in [0.1, 0.15) is 19.0 Å². The topological polar surface area (TPSA) is 115 Å². The molecule has 0 atom stereocenters. The molecule has 27 heavy (non-hydrogen) atoms. The number of hydrogen-bond acceptors (Lipinski definition) is 6. The molecule has 0 saturated carbocycles. The second-order valence-electron chi connectivity index (χ2n) is 6.01. The normalized spacial score (nSPS) is 10.1. The first kappa shape index (κ1) is 19.9. The van der Waals surface area contributed by atoms with E-state index in [-0.39, 0.29) is 13.2 Å². The number of carbonyl (C=O) groups is 3. The van der Waals surface area contributed by atoms with Crippen molar-refractivity contribution in [2.45, 2.75) is 20.5 Å². The molecule has 2 aromatic rings. The average molecular weight is 370 g/mol. The predicted octanol–water partition coefficient (Wildman–Crippen LogP) is 1.76. The number of aromatic nitrogens is 1. The fraction of sp³-hybridized carbons (Fsp3) is 0.263. The average Bonchev–Trinajstić information content (AvgIpc) is 2.62. The maximum absolute atomic E-state index is 12.4. The summed E-state index contributed by atoms with van der Waals surface area (Å²) < 4.78 is 5.12. The Bertz CT molecular complexity index is 803. The molecule has 0 radical (unpaired) electrons. The van der Waals surface area contributed by atoms with Gasteiger partial charge in [0.05, 0.1) is 6.54 Å². The van der Waals surface area contributed by atoms with Crippen LogP contribution in [0.25, 0.3) is 0 Å². The summed E-state index contributed by atoms with van der Waals surface area (Å²) in [6.45, 7) is 2.93. The maximum Gasteiger partial charge on any atom is 0.417 e. The van der Waals surface area contributed by atoms with Gasteiger partial charge in [-0.15, -0.1) is 0 Å². The molecule has 1 aromatic heterocycles. The summed E-state index contributed by atoms with van der Waals surface area (Å²) in [6.07, 6.45) is -0.933. The number of ether oxygens (including phenoxy) is 1. The number of nitrogens with zero attached hydrogens (tertiary/aromatic N) is 2. The molecule has 0 bridgehead atoms. The van der Waals surface area contributed by atoms with E-state index in [0.717, 1.165) is 16.8 Å². The largest absolute Gasteiger partial charge is 0.444 e. The maximum atomic E-state index is 12.4. The molecule has 0 fully saturated rings. The quantitative estimate of drug-likeness (QED) is 0.767. The molecule has 0 saturated heterocycles. The summed E-state index contributed by atoms with van der Waals surface area (Å²) in [5.41, 5.74) is 7.68. The third-order valence-electron chi connectivity index (χ3n) is 3.56. The lowest BCUT2D eigenvalue weighted by Crippen LogP contribution is -2.45. The van der Waals surface area contributed by atoms with Gasteiger partial charge in [0, 0.05) is 5.69 Å². The number of nitrogens with two attached hydrogens (primary N) is 1. The van der Waals surface area contributed by atoms with Gasteiger partial charge in [0.15, 0.2) is 0 Å². The standard InChI is InChI=1S/C19H22N4O4/c1-13-8-14(2)22-17(9-13)21-10-18(25)23(11-16(20)24)19(26)27-12-15-6-4-3-5-7-15/h3-9H,10-12H2,1-2H3,(H2,20,24)(H,21,22). The van der Waals surface area contributed by atoms with Crippen LogP contribution in [-0.2, 0) is 20.9 Å². The highest BCUT2D eigenvalue weighted by Gasteiger charge is 2.24. The van der Waals surface area contributed by atoms with E-state index < -0.39 is 24.5 Å². The van der Waals surface area contributed by atoms with Gasteiger partial charge in [0.25, 0.3) is 5.91 Å². The Kier molecular flexibility index (Phi) is 6.87. The number of aryl methyl sites for hydroxylation is 2. The van der Waals surface area contributed by atoms with Crippen molar-refractivity contribution >= 4 is 23.7 Å². The number of benzene rings is 1. The van der Waals surface area contributed by atoms with Crippen LogP contribution in [0.3, 0.4) is 0 Å². The summed E-state index contributed by atoms with van der Waals surface area (Å²) in [5, 5.41) is 2.85. The Balaban J connectivity index is 1.99. The SMILES string of the molecule is Cc1cc(C)nc(NCC(=O)N(CC(N)=O)C(=O)OCc2ccccc2)c1. The van der Waals surface area contributed by atoms with Crippen LogP contribution in [-0.4, -0.2) is 40.9 Å². The van der Waals surface area contributed by atoms with Crippen LogP contribution in [0.1, 0.15) is 16.8 Å². The number of primary amides is 1. The van der Waals surface area contributed by atoms with Crippen LogP contribution in [0.2, 0.25) is 0 Å². The number of amides is 3. The molecule has 8 nitrogen and oxygen atoms in total. The van der Waals surface area contributed by atoms with Crippen molar-refractivity contribution in [1.82, 2.24) is 9.88 Å². The van der Waals surface area contributed by atoms with Crippen LogP contribution in [0.4, 0.5) is 10.6 Å². The lowest BCUT2D eigenvalue weighted by Gasteiger charge is -2.19. The molecule has 0 unspecified atom stereocenters. The molecule has 142 valence electrons. The van der Waals surface area contributed by atoms with Crippen molar-refractivity contribution in [3.8, 4) is 0 Å². The van der Waals surface area contributed by atoms with Gasteiger partial charge in [-0.05, 0) is 37.1 Å². The lowest BCUT2D eigenvalue weighted by atomic mass is 10.2. The lowest BCUT2D eigenvalue weighted by molar-refractivity contribution is -0.132. The number of hydrogen-bond donors (Lipinski definition) is 2. The molecular weight excluding hydrogens is 348 g/mol. The molecule has 0 spiro atoms. The molecule has 3 amide bonds. The highest BCUT2D eigenvalue weighted by atomic mass is 16.6. The van der Waals surface area contributed by atoms with Gasteiger partial charge in [-0.25, -0.2) is 14.7 Å². The zero-order chi connectivity index (χ0) is 19.8. The van der Waals surface area contributed by atoms with Gasteiger partial charge < -0.3 is 15.8 Å². The van der Waals surface area contributed by atoms with Gasteiger partial charge in [-0.3, -0.25) is 9.59 Å². The van der Waals surface area contributed by atoms with Gasteiger partial charge in [-0.2, -0.15) is 0 Å². The van der Waals surface area contributed by atoms with Crippen LogP contribution in [0.5, 0.6) is 0 Å². The number of anilines is 1. The highest BCUT2D eigenvalue weighted by Crippen LogP contribution is 2.09. The Morgan fingerprint density at radius 3 is 2.48 bits per heavy atom. The Hall–Kier alpha value is -3.42. The van der Waals surface area contributed by atoms with Crippen LogP contribution >= 0.6 is 0 Å². The second-order valence-corrected chi connectivity index (χ2v) is 6.01. The number of carbonyl (C=O) groups excluding carboxylic acids is 3. The first-order valence-corrected chi connectivity index (χ1v) is 8.33. The minimum Gasteiger partial charge on any atom is -0.444 e. The molecule has 8 heteroatoms. The highest BCUT2D eigenvalue weighted by molar-refractivity contribution is 5.97. The minimum absolute atomic E-state index is 0.0196. The van der Waals surface area contributed by atoms with Crippen LogP contribution in [0, 0.1) is 13.8 Å². The van der Waals surface area contributed by atoms with Gasteiger partial charge in [0.2, 0.25) is 5.91 Å². The molecule has 0 aliphatic heterocycles. The predicted molar refractivity (Wildman–Crippen MR) is 99.7 cm³/mol. The van der Waals surface area contributed by atoms with E-state index in [1.807, 2.05) is 26.0 Å². The zero-order valence-corrected chi connectivity index (χ0v) is 15.3. The van der Waals surface area contributed by atoms with Crippen LogP contribution in [0.15, 0.2) is 42.5 Å². The second kappa shape index (κ2) is 9.33. The molecular formula is C19H22N4O4. The van der Waals surface area contributed by atoms with E-state index in [9.17, 15) is 14.4 Å². The molecule has 3 N–H and O–H groups in total. The van der Waals surface area contributed by atoms with Crippen molar-refractivity contribution in [3.63, 3.8) is 0 Å². The smallest absolute Gasteiger partial charge is 0.417 e. The first-order chi connectivity index (χ1) is 12.8. The Morgan fingerprint density at radius 2 is 1.85 bits per heavy atom. The van der Waals surface area contributed by atoms with E-state index in [0.29, 0.717) is 10.7 Å². The zero-order valence-electron chi connectivity index (χ0n) is 15.3. The van der Waals surface area contributed by atoms with Gasteiger partial charge in [-0.1, -0.05) is 30.3 Å². The summed E-state index contributed by atoms with van der Waals surface area (Å²) in [7, 11) is 0. The molecule has 0 aliphatic rings. The Morgan fingerprint density at radius 1 is 1.15 bits per heavy atom. The van der Waals surface area contributed by atoms with Crippen molar-refractivity contribution in [3.05, 3.63) is 59.3 Å². The van der Waals surface area contributed by atoms with E-state index in [4.69, 9.17) is 10.5 Å². The number of pyridine rings is 1.